The van der Waals surface area contributed by atoms with Gasteiger partial charge in [-0.05, 0) is 41.8 Å². The summed E-state index contributed by atoms with van der Waals surface area (Å²) in [5.41, 5.74) is 1.56. The molecule has 1 N–H and O–H groups in total. The first-order chi connectivity index (χ1) is 15.8. The zero-order valence-electron chi connectivity index (χ0n) is 17.9. The lowest BCUT2D eigenvalue weighted by Gasteiger charge is -2.25. The maximum Gasteiger partial charge on any atom is 0.244 e. The molecule has 9 heteroatoms. The van der Waals surface area contributed by atoms with E-state index in [-0.39, 0.29) is 19.8 Å². The smallest absolute Gasteiger partial charge is 0.244 e. The molecule has 7 nitrogen and oxygen atoms in total. The molecule has 1 atom stereocenters. The Morgan fingerprint density at radius 2 is 1.70 bits per heavy atom. The van der Waals surface area contributed by atoms with Crippen LogP contribution in [0.15, 0.2) is 77.7 Å². The van der Waals surface area contributed by atoms with Crippen molar-refractivity contribution in [1.82, 2.24) is 9.62 Å². The largest absolute Gasteiger partial charge is 0.454 e. The van der Waals surface area contributed by atoms with E-state index in [9.17, 15) is 17.6 Å². The number of likely N-dealkylation sites (N-methyl/N-ethyl adjacent to an activating group) is 1. The fourth-order valence-electron chi connectivity index (χ4n) is 3.60. The van der Waals surface area contributed by atoms with Gasteiger partial charge in [0, 0.05) is 13.6 Å². The summed E-state index contributed by atoms with van der Waals surface area (Å²) in [4.78, 5) is 14.2. The zero-order valence-corrected chi connectivity index (χ0v) is 18.7. The Labute approximate surface area is 191 Å². The molecule has 0 bridgehead atoms. The molecule has 1 aliphatic heterocycles. The minimum Gasteiger partial charge on any atom is -0.454 e. The van der Waals surface area contributed by atoms with Crippen LogP contribution in [-0.2, 0) is 27.8 Å². The molecule has 172 valence electrons. The van der Waals surface area contributed by atoms with Gasteiger partial charge in [0.1, 0.15) is 16.8 Å². The Morgan fingerprint density at radius 3 is 2.45 bits per heavy atom. The van der Waals surface area contributed by atoms with Crippen molar-refractivity contribution in [2.45, 2.75) is 23.9 Å². The minimum absolute atomic E-state index is 0.110. The number of amides is 1. The Kier molecular flexibility index (Phi) is 6.62. The molecule has 3 aromatic rings. The summed E-state index contributed by atoms with van der Waals surface area (Å²) in [6.07, 6.45) is 0.110. The summed E-state index contributed by atoms with van der Waals surface area (Å²) >= 11 is 0. The first-order valence-corrected chi connectivity index (χ1v) is 11.8. The predicted octanol–water partition coefficient (Wildman–Crippen LogP) is 3.10. The van der Waals surface area contributed by atoms with Gasteiger partial charge < -0.3 is 14.4 Å². The van der Waals surface area contributed by atoms with Crippen LogP contribution in [0.2, 0.25) is 0 Å². The normalized spacial score (nSPS) is 13.5. The maximum absolute atomic E-state index is 14.2. The fraction of sp³-hybridized carbons (Fsp3) is 0.208. The van der Waals surface area contributed by atoms with E-state index in [0.717, 1.165) is 23.3 Å². The predicted molar refractivity (Wildman–Crippen MR) is 120 cm³/mol. The minimum atomic E-state index is -4.28. The van der Waals surface area contributed by atoms with E-state index >= 15 is 0 Å². The van der Waals surface area contributed by atoms with Crippen LogP contribution in [0.1, 0.15) is 11.1 Å². The molecule has 0 saturated carbocycles. The van der Waals surface area contributed by atoms with Gasteiger partial charge in [-0.2, -0.15) is 4.72 Å². The first kappa shape index (κ1) is 22.8. The molecular weight excluding hydrogens is 447 g/mol. The second-order valence-electron chi connectivity index (χ2n) is 7.68. The first-order valence-electron chi connectivity index (χ1n) is 10.3. The molecule has 4 rings (SSSR count). The molecule has 0 fully saturated rings. The Morgan fingerprint density at radius 1 is 1.00 bits per heavy atom. The van der Waals surface area contributed by atoms with Crippen molar-refractivity contribution in [3.63, 3.8) is 0 Å². The Balaban J connectivity index is 1.57. The average molecular weight is 471 g/mol. The number of fused-ring (bicyclic) bond motifs is 1. The van der Waals surface area contributed by atoms with Crippen molar-refractivity contribution in [3.8, 4) is 11.5 Å². The molecule has 3 aromatic carbocycles. The molecule has 0 aromatic heterocycles. The Bertz CT molecular complexity index is 1250. The summed E-state index contributed by atoms with van der Waals surface area (Å²) in [6, 6.07) is 18.3. The number of hydrogen-bond donors (Lipinski definition) is 1. The van der Waals surface area contributed by atoms with Crippen molar-refractivity contribution in [2.75, 3.05) is 13.8 Å². The third kappa shape index (κ3) is 5.32. The van der Waals surface area contributed by atoms with Gasteiger partial charge in [-0.1, -0.05) is 48.5 Å². The van der Waals surface area contributed by atoms with Crippen molar-refractivity contribution in [2.24, 2.45) is 0 Å². The highest BCUT2D eigenvalue weighted by atomic mass is 32.2. The van der Waals surface area contributed by atoms with E-state index in [4.69, 9.17) is 9.47 Å². The quantitative estimate of drug-likeness (QED) is 0.547. The number of benzene rings is 3. The molecule has 0 unspecified atom stereocenters. The monoisotopic (exact) mass is 470 g/mol. The highest BCUT2D eigenvalue weighted by Crippen LogP contribution is 2.32. The number of ether oxygens (including phenoxy) is 2. The number of sulfonamides is 1. The van der Waals surface area contributed by atoms with Crippen LogP contribution in [0.3, 0.4) is 0 Å². The lowest BCUT2D eigenvalue weighted by Crippen LogP contribution is -2.48. The molecule has 1 amide bonds. The number of hydrogen-bond acceptors (Lipinski definition) is 5. The standard InChI is InChI=1S/C24H23FN2O5S/c1-27(15-18-11-12-21-22(14-18)32-16-31-21)24(28)20(13-17-7-3-2-4-8-17)26-33(29,30)23-10-6-5-9-19(23)25/h2-12,14,20,26H,13,15-16H2,1H3/t20-/m1/s1. The molecule has 1 heterocycles. The molecule has 33 heavy (non-hydrogen) atoms. The van der Waals surface area contributed by atoms with Gasteiger partial charge in [0.25, 0.3) is 0 Å². The van der Waals surface area contributed by atoms with Crippen molar-refractivity contribution < 1.29 is 27.1 Å². The van der Waals surface area contributed by atoms with Crippen LogP contribution in [0.4, 0.5) is 4.39 Å². The van der Waals surface area contributed by atoms with Gasteiger partial charge in [-0.15, -0.1) is 0 Å². The number of carbonyl (C=O) groups is 1. The van der Waals surface area contributed by atoms with E-state index in [0.29, 0.717) is 11.5 Å². The topological polar surface area (TPSA) is 84.9 Å². The SMILES string of the molecule is CN(Cc1ccc2c(c1)OCO2)C(=O)[C@@H](Cc1ccccc1)NS(=O)(=O)c1ccccc1F. The number of nitrogens with one attached hydrogen (secondary N) is 1. The van der Waals surface area contributed by atoms with E-state index < -0.39 is 32.7 Å². The van der Waals surface area contributed by atoms with Crippen LogP contribution in [0, 0.1) is 5.82 Å². The maximum atomic E-state index is 14.2. The lowest BCUT2D eigenvalue weighted by atomic mass is 10.1. The van der Waals surface area contributed by atoms with Gasteiger partial charge in [0.05, 0.1) is 0 Å². The second-order valence-corrected chi connectivity index (χ2v) is 9.36. The molecule has 1 aliphatic rings. The third-order valence-electron chi connectivity index (χ3n) is 5.24. The van der Waals surface area contributed by atoms with Crippen LogP contribution in [0.25, 0.3) is 0 Å². The molecular formula is C24H23FN2O5S. The van der Waals surface area contributed by atoms with Gasteiger partial charge in [0.2, 0.25) is 22.7 Å². The van der Waals surface area contributed by atoms with Gasteiger partial charge in [0.15, 0.2) is 11.5 Å². The van der Waals surface area contributed by atoms with Crippen molar-refractivity contribution >= 4 is 15.9 Å². The van der Waals surface area contributed by atoms with Crippen LogP contribution < -0.4 is 14.2 Å². The zero-order chi connectivity index (χ0) is 23.4. The number of carbonyl (C=O) groups excluding carboxylic acids is 1. The third-order valence-corrected chi connectivity index (χ3v) is 6.74. The summed E-state index contributed by atoms with van der Waals surface area (Å²) < 4.78 is 53.1. The van der Waals surface area contributed by atoms with Crippen LogP contribution in [-0.4, -0.2) is 39.1 Å². The fourth-order valence-corrected chi connectivity index (χ4v) is 4.87. The van der Waals surface area contributed by atoms with Crippen molar-refractivity contribution in [1.29, 1.82) is 0 Å². The van der Waals surface area contributed by atoms with E-state index in [1.165, 1.54) is 17.0 Å². The molecule has 0 radical (unpaired) electrons. The Hall–Kier alpha value is -3.43. The summed E-state index contributed by atoms with van der Waals surface area (Å²) in [5, 5.41) is 0. The summed E-state index contributed by atoms with van der Waals surface area (Å²) in [5.74, 6) is -0.108. The molecule has 0 saturated heterocycles. The highest BCUT2D eigenvalue weighted by Gasteiger charge is 2.30. The number of rotatable bonds is 8. The highest BCUT2D eigenvalue weighted by molar-refractivity contribution is 7.89. The van der Waals surface area contributed by atoms with Crippen LogP contribution in [0.5, 0.6) is 11.5 Å². The van der Waals surface area contributed by atoms with E-state index in [1.54, 1.807) is 43.4 Å². The lowest BCUT2D eigenvalue weighted by molar-refractivity contribution is -0.132. The summed E-state index contributed by atoms with van der Waals surface area (Å²) in [7, 11) is -2.69. The number of nitrogens with zero attached hydrogens (tertiary/aromatic N) is 1. The van der Waals surface area contributed by atoms with Crippen molar-refractivity contribution in [3.05, 3.63) is 89.7 Å². The van der Waals surface area contributed by atoms with E-state index in [1.807, 2.05) is 12.1 Å². The van der Waals surface area contributed by atoms with E-state index in [2.05, 4.69) is 4.72 Å². The summed E-state index contributed by atoms with van der Waals surface area (Å²) in [6.45, 7) is 0.368. The second kappa shape index (κ2) is 9.60. The van der Waals surface area contributed by atoms with Gasteiger partial charge >= 0.3 is 0 Å². The van der Waals surface area contributed by atoms with Crippen LogP contribution >= 0.6 is 0 Å². The number of halogens is 1. The van der Waals surface area contributed by atoms with Gasteiger partial charge in [-0.25, -0.2) is 12.8 Å². The molecule has 0 aliphatic carbocycles. The average Bonchev–Trinajstić information content (AvgIpc) is 3.27. The molecule has 0 spiro atoms. The van der Waals surface area contributed by atoms with Gasteiger partial charge in [-0.3, -0.25) is 4.79 Å².